The Labute approximate surface area is 199 Å². The number of fused-ring (bicyclic) bond motifs is 3. The van der Waals surface area contributed by atoms with Crippen molar-refractivity contribution in [2.24, 2.45) is 5.92 Å². The zero-order valence-corrected chi connectivity index (χ0v) is 19.2. The number of hydrogen-bond acceptors (Lipinski definition) is 5. The van der Waals surface area contributed by atoms with Crippen molar-refractivity contribution < 1.29 is 19.4 Å². The minimum Gasteiger partial charge on any atom is -0.454 e. The van der Waals surface area contributed by atoms with Gasteiger partial charge in [-0.3, -0.25) is 9.69 Å². The van der Waals surface area contributed by atoms with E-state index in [1.54, 1.807) is 0 Å². The quantitative estimate of drug-likeness (QED) is 0.583. The van der Waals surface area contributed by atoms with Crippen LogP contribution in [0.3, 0.4) is 0 Å². The van der Waals surface area contributed by atoms with Crippen molar-refractivity contribution in [3.05, 3.63) is 66.2 Å². The van der Waals surface area contributed by atoms with Gasteiger partial charge in [-0.1, -0.05) is 55.3 Å². The van der Waals surface area contributed by atoms with Crippen molar-refractivity contribution in [1.82, 2.24) is 4.90 Å². The molecule has 2 N–H and O–H groups in total. The molecule has 3 aromatic carbocycles. The summed E-state index contributed by atoms with van der Waals surface area (Å²) in [4.78, 5) is 15.5. The summed E-state index contributed by atoms with van der Waals surface area (Å²) in [5.74, 6) is 1.53. The summed E-state index contributed by atoms with van der Waals surface area (Å²) in [6.07, 6.45) is 4.64. The molecule has 3 aromatic rings. The number of carbonyl (C=O) groups excluding carboxylic acids is 1. The van der Waals surface area contributed by atoms with E-state index in [0.29, 0.717) is 13.0 Å². The van der Waals surface area contributed by atoms with Crippen LogP contribution in [0.4, 0.5) is 5.69 Å². The average molecular weight is 459 g/mol. The highest BCUT2D eigenvalue weighted by molar-refractivity contribution is 6.02. The van der Waals surface area contributed by atoms with Crippen molar-refractivity contribution in [3.63, 3.8) is 0 Å². The SMILES string of the molecule is O=C(CN1CCC2(O)CCCCC2C1c1ccc2c(c1)OCO2)Nc1cccc2ccccc12. The zero-order valence-electron chi connectivity index (χ0n) is 19.2. The minimum absolute atomic E-state index is 0.0386. The van der Waals surface area contributed by atoms with E-state index in [-0.39, 0.29) is 31.2 Å². The summed E-state index contributed by atoms with van der Waals surface area (Å²) in [5, 5.41) is 16.8. The van der Waals surface area contributed by atoms with Gasteiger partial charge in [0, 0.05) is 29.6 Å². The molecule has 34 heavy (non-hydrogen) atoms. The third-order valence-corrected chi connectivity index (χ3v) is 7.82. The van der Waals surface area contributed by atoms with Crippen molar-refractivity contribution in [1.29, 1.82) is 0 Å². The number of nitrogens with one attached hydrogen (secondary N) is 1. The Balaban J connectivity index is 1.29. The molecule has 0 spiro atoms. The third kappa shape index (κ3) is 3.81. The van der Waals surface area contributed by atoms with Crippen LogP contribution >= 0.6 is 0 Å². The first-order chi connectivity index (χ1) is 16.6. The molecular formula is C28H30N2O4. The lowest BCUT2D eigenvalue weighted by Crippen LogP contribution is -2.56. The Kier molecular flexibility index (Phi) is 5.42. The number of carbonyl (C=O) groups is 1. The normalized spacial score (nSPS) is 26.3. The number of ether oxygens (including phenoxy) is 2. The van der Waals surface area contributed by atoms with Crippen molar-refractivity contribution in [2.75, 3.05) is 25.2 Å². The predicted octanol–water partition coefficient (Wildman–Crippen LogP) is 4.88. The van der Waals surface area contributed by atoms with Gasteiger partial charge in [0.25, 0.3) is 0 Å². The number of nitrogens with zero attached hydrogens (tertiary/aromatic N) is 1. The van der Waals surface area contributed by atoms with Crippen LogP contribution < -0.4 is 14.8 Å². The Morgan fingerprint density at radius 3 is 2.82 bits per heavy atom. The van der Waals surface area contributed by atoms with Crippen LogP contribution in [-0.4, -0.2) is 41.4 Å². The third-order valence-electron chi connectivity index (χ3n) is 7.82. The van der Waals surface area contributed by atoms with Gasteiger partial charge in [0.15, 0.2) is 11.5 Å². The maximum absolute atomic E-state index is 13.3. The Hall–Kier alpha value is -3.09. The lowest BCUT2D eigenvalue weighted by molar-refractivity contribution is -0.135. The summed E-state index contributed by atoms with van der Waals surface area (Å²) >= 11 is 0. The maximum atomic E-state index is 13.3. The second-order valence-electron chi connectivity index (χ2n) is 9.81. The summed E-state index contributed by atoms with van der Waals surface area (Å²) in [6, 6.07) is 20.0. The molecule has 1 amide bonds. The molecule has 0 aromatic heterocycles. The number of anilines is 1. The molecule has 1 aliphatic carbocycles. The number of aliphatic hydroxyl groups is 1. The largest absolute Gasteiger partial charge is 0.454 e. The van der Waals surface area contributed by atoms with Gasteiger partial charge in [-0.2, -0.15) is 0 Å². The first kappa shape index (κ1) is 21.4. The summed E-state index contributed by atoms with van der Waals surface area (Å²) in [7, 11) is 0. The zero-order chi connectivity index (χ0) is 23.1. The number of piperidine rings is 1. The van der Waals surface area contributed by atoms with E-state index in [9.17, 15) is 9.90 Å². The summed E-state index contributed by atoms with van der Waals surface area (Å²) < 4.78 is 11.2. The van der Waals surface area contributed by atoms with Crippen LogP contribution in [0, 0.1) is 5.92 Å². The van der Waals surface area contributed by atoms with Gasteiger partial charge in [0.2, 0.25) is 12.7 Å². The highest BCUT2D eigenvalue weighted by atomic mass is 16.7. The van der Waals surface area contributed by atoms with E-state index >= 15 is 0 Å². The lowest BCUT2D eigenvalue weighted by Gasteiger charge is -2.52. The smallest absolute Gasteiger partial charge is 0.238 e. The Bertz CT molecular complexity index is 1220. The number of benzene rings is 3. The number of likely N-dealkylation sites (tertiary alicyclic amines) is 1. The van der Waals surface area contributed by atoms with E-state index in [2.05, 4.69) is 28.4 Å². The number of hydrogen-bond donors (Lipinski definition) is 2. The van der Waals surface area contributed by atoms with Gasteiger partial charge >= 0.3 is 0 Å². The fourth-order valence-electron chi connectivity index (χ4n) is 6.17. The summed E-state index contributed by atoms with van der Waals surface area (Å²) in [6.45, 7) is 1.18. The van der Waals surface area contributed by atoms with Crippen LogP contribution in [-0.2, 0) is 4.79 Å². The van der Waals surface area contributed by atoms with Crippen molar-refractivity contribution in [3.8, 4) is 11.5 Å². The standard InChI is InChI=1S/C28H30N2O4/c31-26(29-23-10-5-7-19-6-1-2-8-21(19)23)17-30-15-14-28(32)13-4-3-9-22(28)27(30)20-11-12-24-25(16-20)34-18-33-24/h1-2,5-8,10-12,16,22,27,32H,3-4,9,13-15,17-18H2,(H,29,31). The fraction of sp³-hybridized carbons (Fsp3) is 0.393. The Morgan fingerprint density at radius 1 is 1.03 bits per heavy atom. The van der Waals surface area contributed by atoms with E-state index < -0.39 is 5.60 Å². The van der Waals surface area contributed by atoms with E-state index in [0.717, 1.165) is 59.2 Å². The lowest BCUT2D eigenvalue weighted by atomic mass is 9.66. The molecular weight excluding hydrogens is 428 g/mol. The molecule has 3 atom stereocenters. The van der Waals surface area contributed by atoms with E-state index in [1.165, 1.54) is 0 Å². The van der Waals surface area contributed by atoms with Crippen LogP contribution in [0.1, 0.15) is 43.7 Å². The highest BCUT2D eigenvalue weighted by Gasteiger charge is 2.49. The summed E-state index contributed by atoms with van der Waals surface area (Å²) in [5.41, 5.74) is 1.23. The first-order valence-electron chi connectivity index (χ1n) is 12.2. The monoisotopic (exact) mass is 458 g/mol. The molecule has 6 heteroatoms. The molecule has 2 heterocycles. The maximum Gasteiger partial charge on any atom is 0.238 e. The predicted molar refractivity (Wildman–Crippen MR) is 131 cm³/mol. The fourth-order valence-corrected chi connectivity index (χ4v) is 6.17. The molecule has 6 rings (SSSR count). The Morgan fingerprint density at radius 2 is 1.88 bits per heavy atom. The van der Waals surface area contributed by atoms with Crippen LogP contribution in [0.15, 0.2) is 60.7 Å². The second kappa shape index (κ2) is 8.60. The molecule has 3 unspecified atom stereocenters. The van der Waals surface area contributed by atoms with Gasteiger partial charge in [-0.05, 0) is 48.4 Å². The molecule has 3 aliphatic rings. The van der Waals surface area contributed by atoms with Gasteiger partial charge in [-0.25, -0.2) is 0 Å². The molecule has 6 nitrogen and oxygen atoms in total. The molecule has 176 valence electrons. The average Bonchev–Trinajstić information content (AvgIpc) is 3.32. The number of amides is 1. The molecule has 1 saturated carbocycles. The van der Waals surface area contributed by atoms with Crippen molar-refractivity contribution >= 4 is 22.4 Å². The topological polar surface area (TPSA) is 71.0 Å². The first-order valence-corrected chi connectivity index (χ1v) is 12.2. The van der Waals surface area contributed by atoms with E-state index in [1.807, 2.05) is 42.5 Å². The van der Waals surface area contributed by atoms with Crippen LogP contribution in [0.2, 0.25) is 0 Å². The van der Waals surface area contributed by atoms with Crippen molar-refractivity contribution in [2.45, 2.75) is 43.7 Å². The molecule has 0 radical (unpaired) electrons. The van der Waals surface area contributed by atoms with Gasteiger partial charge in [-0.15, -0.1) is 0 Å². The molecule has 2 fully saturated rings. The molecule has 2 aliphatic heterocycles. The van der Waals surface area contributed by atoms with Gasteiger partial charge in [0.1, 0.15) is 0 Å². The van der Waals surface area contributed by atoms with Gasteiger partial charge < -0.3 is 19.9 Å². The number of rotatable bonds is 4. The van der Waals surface area contributed by atoms with Crippen LogP contribution in [0.5, 0.6) is 11.5 Å². The minimum atomic E-state index is -0.679. The van der Waals surface area contributed by atoms with Crippen LogP contribution in [0.25, 0.3) is 10.8 Å². The molecule has 1 saturated heterocycles. The molecule has 0 bridgehead atoms. The second-order valence-corrected chi connectivity index (χ2v) is 9.81. The van der Waals surface area contributed by atoms with Gasteiger partial charge in [0.05, 0.1) is 12.1 Å². The van der Waals surface area contributed by atoms with E-state index in [4.69, 9.17) is 9.47 Å². The highest BCUT2D eigenvalue weighted by Crippen LogP contribution is 2.50.